The van der Waals surface area contributed by atoms with Crippen LogP contribution >= 0.6 is 18.9 Å². The summed E-state index contributed by atoms with van der Waals surface area (Å²) in [6.45, 7) is 2.31. The van der Waals surface area contributed by atoms with Crippen molar-refractivity contribution in [3.8, 4) is 0 Å². The van der Waals surface area contributed by atoms with Gasteiger partial charge in [-0.2, -0.15) is 8.78 Å². The molecule has 5 nitrogen and oxygen atoms in total. The molecular formula is C14H15F2O5PS. The Morgan fingerprint density at radius 1 is 1.26 bits per heavy atom. The number of thiophene rings is 1. The molecule has 0 aliphatic rings. The Labute approximate surface area is 135 Å². The monoisotopic (exact) mass is 364 g/mol. The van der Waals surface area contributed by atoms with Gasteiger partial charge in [-0.15, -0.1) is 11.3 Å². The number of fused-ring (bicyclic) bond motifs is 1. The highest BCUT2D eigenvalue weighted by atomic mass is 32.1. The molecule has 1 heterocycles. The van der Waals surface area contributed by atoms with Gasteiger partial charge < -0.3 is 14.2 Å². The summed E-state index contributed by atoms with van der Waals surface area (Å²) in [4.78, 5) is 10.8. The first-order valence-electron chi connectivity index (χ1n) is 6.80. The molecule has 23 heavy (non-hydrogen) atoms. The summed E-state index contributed by atoms with van der Waals surface area (Å²) in [5.74, 6) is -1.51. The zero-order valence-electron chi connectivity index (χ0n) is 12.4. The smallest absolute Gasteiger partial charge is 0.404 e. The molecule has 0 spiro atoms. The minimum atomic E-state index is -4.87. The second kappa shape index (κ2) is 6.65. The van der Waals surface area contributed by atoms with Crippen molar-refractivity contribution in [2.45, 2.75) is 19.5 Å². The lowest BCUT2D eigenvalue weighted by molar-refractivity contribution is 0.0356. The Balaban J connectivity index is 2.76. The van der Waals surface area contributed by atoms with Crippen LogP contribution < -0.4 is 0 Å². The lowest BCUT2D eigenvalue weighted by Gasteiger charge is -2.26. The maximum atomic E-state index is 15.0. The number of hydrogen-bond donors (Lipinski definition) is 1. The summed E-state index contributed by atoms with van der Waals surface area (Å²) >= 11 is 0.699. The third-order valence-electron chi connectivity index (χ3n) is 3.03. The summed E-state index contributed by atoms with van der Waals surface area (Å²) in [6, 6.07) is 6.01. The Hall–Kier alpha value is -1.34. The molecule has 0 bridgehead atoms. The molecule has 0 saturated carbocycles. The number of halogens is 2. The molecule has 0 aliphatic heterocycles. The zero-order valence-corrected chi connectivity index (χ0v) is 14.1. The van der Waals surface area contributed by atoms with Crippen molar-refractivity contribution in [2.24, 2.45) is 0 Å². The quantitative estimate of drug-likeness (QED) is 0.707. The van der Waals surface area contributed by atoms with Crippen molar-refractivity contribution in [3.63, 3.8) is 0 Å². The molecule has 0 amide bonds. The van der Waals surface area contributed by atoms with E-state index in [9.17, 15) is 23.2 Å². The number of carboxylic acids is 1. The van der Waals surface area contributed by atoms with E-state index < -0.39 is 29.7 Å². The van der Waals surface area contributed by atoms with Crippen LogP contribution in [0.4, 0.5) is 8.78 Å². The number of benzene rings is 1. The Morgan fingerprint density at radius 3 is 2.35 bits per heavy atom. The Morgan fingerprint density at radius 2 is 1.83 bits per heavy atom. The average molecular weight is 364 g/mol. The zero-order chi connectivity index (χ0) is 17.3. The fourth-order valence-electron chi connectivity index (χ4n) is 2.17. The third kappa shape index (κ3) is 3.04. The molecule has 2 rings (SSSR count). The van der Waals surface area contributed by atoms with Crippen LogP contribution in [0.1, 0.15) is 29.1 Å². The van der Waals surface area contributed by atoms with E-state index >= 15 is 0 Å². The van der Waals surface area contributed by atoms with Crippen molar-refractivity contribution in [3.05, 3.63) is 34.7 Å². The topological polar surface area (TPSA) is 72.8 Å². The van der Waals surface area contributed by atoms with E-state index in [2.05, 4.69) is 0 Å². The summed E-state index contributed by atoms with van der Waals surface area (Å²) in [6.07, 6.45) is 0. The molecule has 126 valence electrons. The molecule has 0 atom stereocenters. The SMILES string of the molecule is CCOP(=O)(OCC)C(F)(F)c1c(C(=O)O)sc2ccccc12. The van der Waals surface area contributed by atoms with Crippen LogP contribution in [0.25, 0.3) is 10.1 Å². The maximum Gasteiger partial charge on any atom is 0.404 e. The summed E-state index contributed by atoms with van der Waals surface area (Å²) in [7, 11) is -4.87. The highest BCUT2D eigenvalue weighted by Crippen LogP contribution is 2.68. The van der Waals surface area contributed by atoms with Crippen molar-refractivity contribution >= 4 is 35.0 Å². The van der Waals surface area contributed by atoms with Crippen LogP contribution in [0.3, 0.4) is 0 Å². The van der Waals surface area contributed by atoms with E-state index in [0.717, 1.165) is 0 Å². The number of rotatable bonds is 7. The summed E-state index contributed by atoms with van der Waals surface area (Å²) < 4.78 is 52.4. The summed E-state index contributed by atoms with van der Waals surface area (Å²) in [5.41, 5.74) is -4.90. The lowest BCUT2D eigenvalue weighted by Crippen LogP contribution is -2.20. The van der Waals surface area contributed by atoms with E-state index in [1.807, 2.05) is 0 Å². The first-order chi connectivity index (χ1) is 10.8. The predicted octanol–water partition coefficient (Wildman–Crippen LogP) is 4.91. The second-order valence-corrected chi connectivity index (χ2v) is 7.61. The first-order valence-corrected chi connectivity index (χ1v) is 9.16. The van der Waals surface area contributed by atoms with Crippen molar-refractivity contribution < 1.29 is 32.3 Å². The molecule has 1 N–H and O–H groups in total. The molecular weight excluding hydrogens is 349 g/mol. The first kappa shape index (κ1) is 18.0. The van der Waals surface area contributed by atoms with Crippen LogP contribution in [0, 0.1) is 0 Å². The van der Waals surface area contributed by atoms with Crippen LogP contribution in [0.5, 0.6) is 0 Å². The number of carboxylic acid groups (broad SMARTS) is 1. The number of aromatic carboxylic acids is 1. The van der Waals surface area contributed by atoms with Gasteiger partial charge in [0.1, 0.15) is 4.88 Å². The van der Waals surface area contributed by atoms with E-state index in [1.54, 1.807) is 6.07 Å². The molecule has 0 unspecified atom stereocenters. The van der Waals surface area contributed by atoms with E-state index in [4.69, 9.17) is 9.05 Å². The molecule has 0 aliphatic carbocycles. The van der Waals surface area contributed by atoms with Gasteiger partial charge in [-0.25, -0.2) is 4.79 Å². The predicted molar refractivity (Wildman–Crippen MR) is 83.5 cm³/mol. The maximum absolute atomic E-state index is 15.0. The molecule has 1 aromatic heterocycles. The molecule has 0 saturated heterocycles. The van der Waals surface area contributed by atoms with Crippen LogP contribution in [-0.2, 0) is 19.3 Å². The summed E-state index contributed by atoms with van der Waals surface area (Å²) in [5, 5.41) is 9.29. The van der Waals surface area contributed by atoms with E-state index in [0.29, 0.717) is 16.0 Å². The number of alkyl halides is 2. The largest absolute Gasteiger partial charge is 0.477 e. The fraction of sp³-hybridized carbons (Fsp3) is 0.357. The van der Waals surface area contributed by atoms with Gasteiger partial charge in [-0.1, -0.05) is 18.2 Å². The standard InChI is InChI=1S/C14H15F2O5PS/c1-3-20-22(19,21-4-2)14(15,16)11-9-7-5-6-8-10(9)23-12(11)13(17)18/h5-8H,3-4H2,1-2H3,(H,17,18). The Bertz CT molecular complexity index is 764. The van der Waals surface area contributed by atoms with Crippen LogP contribution in [0.15, 0.2) is 24.3 Å². The average Bonchev–Trinajstić information content (AvgIpc) is 2.87. The molecule has 2 aromatic rings. The van der Waals surface area contributed by atoms with Crippen molar-refractivity contribution in [1.29, 1.82) is 0 Å². The number of carbonyl (C=O) groups is 1. The minimum Gasteiger partial charge on any atom is -0.477 e. The highest BCUT2D eigenvalue weighted by molar-refractivity contribution is 7.54. The van der Waals surface area contributed by atoms with Gasteiger partial charge in [0.25, 0.3) is 0 Å². The van der Waals surface area contributed by atoms with Gasteiger partial charge >= 0.3 is 19.2 Å². The minimum absolute atomic E-state index is 0.0273. The highest BCUT2D eigenvalue weighted by Gasteiger charge is 2.57. The molecule has 9 heteroatoms. The van der Waals surface area contributed by atoms with Crippen molar-refractivity contribution in [1.82, 2.24) is 0 Å². The van der Waals surface area contributed by atoms with E-state index in [-0.39, 0.29) is 18.6 Å². The van der Waals surface area contributed by atoms with Crippen LogP contribution in [0.2, 0.25) is 0 Å². The number of hydrogen-bond acceptors (Lipinski definition) is 5. The molecule has 0 radical (unpaired) electrons. The Kier molecular flexibility index (Phi) is 5.20. The third-order valence-corrected chi connectivity index (χ3v) is 6.30. The van der Waals surface area contributed by atoms with Crippen molar-refractivity contribution in [2.75, 3.05) is 13.2 Å². The normalized spacial score (nSPS) is 12.7. The van der Waals surface area contributed by atoms with Gasteiger partial charge in [-0.3, -0.25) is 4.57 Å². The van der Waals surface area contributed by atoms with Gasteiger partial charge in [0.05, 0.1) is 18.8 Å². The second-order valence-electron chi connectivity index (χ2n) is 4.48. The van der Waals surface area contributed by atoms with Gasteiger partial charge in [0.15, 0.2) is 0 Å². The lowest BCUT2D eigenvalue weighted by atomic mass is 10.1. The van der Waals surface area contributed by atoms with Gasteiger partial charge in [-0.05, 0) is 19.9 Å². The molecule has 0 fully saturated rings. The molecule has 1 aromatic carbocycles. The van der Waals surface area contributed by atoms with E-state index in [1.165, 1.54) is 32.0 Å². The van der Waals surface area contributed by atoms with Gasteiger partial charge in [0, 0.05) is 10.1 Å². The van der Waals surface area contributed by atoms with Gasteiger partial charge in [0.2, 0.25) is 0 Å². The van der Waals surface area contributed by atoms with Crippen LogP contribution in [-0.4, -0.2) is 24.3 Å². The fourth-order valence-corrected chi connectivity index (χ4v) is 4.91.